The number of rotatable bonds is 2. The lowest BCUT2D eigenvalue weighted by molar-refractivity contribution is 0.0701. The van der Waals surface area contributed by atoms with Gasteiger partial charge in [0.05, 0.1) is 0 Å². The molecule has 1 aromatic carbocycles. The zero-order valence-corrected chi connectivity index (χ0v) is 13.8. The molecule has 0 bridgehead atoms. The van der Waals surface area contributed by atoms with Crippen LogP contribution in [0.4, 0.5) is 4.79 Å². The van der Waals surface area contributed by atoms with E-state index in [0.29, 0.717) is 12.0 Å². The van der Waals surface area contributed by atoms with E-state index in [2.05, 4.69) is 25.2 Å². The summed E-state index contributed by atoms with van der Waals surface area (Å²) in [4.78, 5) is 14.1. The van der Waals surface area contributed by atoms with Crippen LogP contribution in [0.3, 0.4) is 0 Å². The lowest BCUT2D eigenvalue weighted by Gasteiger charge is -2.41. The smallest absolute Gasteiger partial charge is 0.410 e. The molecule has 1 fully saturated rings. The van der Waals surface area contributed by atoms with Gasteiger partial charge in [0.1, 0.15) is 6.61 Å². The minimum atomic E-state index is -0.183. The molecule has 1 aliphatic heterocycles. The molecule has 1 heterocycles. The fourth-order valence-electron chi connectivity index (χ4n) is 3.45. The second-order valence-electron chi connectivity index (χ2n) is 6.59. The number of carbonyl (C=O) groups excluding carboxylic acids is 1. The first-order chi connectivity index (χ1) is 11.2. The van der Waals surface area contributed by atoms with Gasteiger partial charge in [-0.1, -0.05) is 54.1 Å². The number of piperidine rings is 1. The third kappa shape index (κ3) is 3.84. The Bertz CT molecular complexity index is 595. The first-order valence-corrected chi connectivity index (χ1v) is 8.51. The normalized spacial score (nSPS) is 21.6. The van der Waals surface area contributed by atoms with E-state index in [1.54, 1.807) is 0 Å². The van der Waals surface area contributed by atoms with Crippen molar-refractivity contribution in [3.8, 4) is 0 Å². The van der Waals surface area contributed by atoms with Crippen LogP contribution in [-0.2, 0) is 11.3 Å². The summed E-state index contributed by atoms with van der Waals surface area (Å²) in [5.74, 6) is 0. The van der Waals surface area contributed by atoms with Gasteiger partial charge in [-0.05, 0) is 43.6 Å². The zero-order valence-electron chi connectivity index (χ0n) is 13.8. The molecule has 1 aliphatic carbocycles. The summed E-state index contributed by atoms with van der Waals surface area (Å²) in [6, 6.07) is 9.84. The van der Waals surface area contributed by atoms with Gasteiger partial charge in [-0.15, -0.1) is 0 Å². The van der Waals surface area contributed by atoms with Crippen LogP contribution < -0.4 is 0 Å². The highest BCUT2D eigenvalue weighted by Crippen LogP contribution is 2.42. The van der Waals surface area contributed by atoms with Crippen molar-refractivity contribution in [2.24, 2.45) is 5.41 Å². The Hall–Kier alpha value is -2.03. The van der Waals surface area contributed by atoms with Crippen molar-refractivity contribution in [3.63, 3.8) is 0 Å². The van der Waals surface area contributed by atoms with Crippen LogP contribution in [0.1, 0.15) is 38.2 Å². The predicted molar refractivity (Wildman–Crippen MR) is 92.0 cm³/mol. The maximum atomic E-state index is 12.2. The Morgan fingerprint density at radius 1 is 1.22 bits per heavy atom. The van der Waals surface area contributed by atoms with Crippen molar-refractivity contribution in [2.75, 3.05) is 13.1 Å². The quantitative estimate of drug-likeness (QED) is 0.792. The molecular weight excluding hydrogens is 286 g/mol. The second-order valence-corrected chi connectivity index (χ2v) is 6.59. The van der Waals surface area contributed by atoms with Crippen LogP contribution in [0, 0.1) is 5.41 Å². The Kier molecular flexibility index (Phi) is 4.85. The highest BCUT2D eigenvalue weighted by molar-refractivity contribution is 5.67. The van der Waals surface area contributed by atoms with Crippen molar-refractivity contribution in [1.82, 2.24) is 4.90 Å². The summed E-state index contributed by atoms with van der Waals surface area (Å²) < 4.78 is 5.44. The topological polar surface area (TPSA) is 29.5 Å². The highest BCUT2D eigenvalue weighted by Gasteiger charge is 2.35. The number of carbonyl (C=O) groups is 1. The van der Waals surface area contributed by atoms with E-state index in [0.717, 1.165) is 37.9 Å². The van der Waals surface area contributed by atoms with E-state index in [-0.39, 0.29) is 6.09 Å². The summed E-state index contributed by atoms with van der Waals surface area (Å²) in [6.07, 6.45) is 11.1. The van der Waals surface area contributed by atoms with Crippen molar-refractivity contribution < 1.29 is 9.53 Å². The Labute approximate surface area is 138 Å². The van der Waals surface area contributed by atoms with Gasteiger partial charge >= 0.3 is 6.09 Å². The van der Waals surface area contributed by atoms with Crippen LogP contribution in [0.25, 0.3) is 0 Å². The molecule has 0 atom stereocenters. The molecule has 0 N–H and O–H groups in total. The standard InChI is InChI=1S/C20H25NO2/c1-2-17-8-10-20(11-9-17)12-14-21(15-13-20)19(22)23-16-18-6-4-3-5-7-18/h2-8,10H,9,11-16H2,1H3/b17-2-. The van der Waals surface area contributed by atoms with Crippen LogP contribution in [0.15, 0.2) is 54.1 Å². The molecule has 0 unspecified atom stereocenters. The summed E-state index contributed by atoms with van der Waals surface area (Å²) in [7, 11) is 0. The van der Waals surface area contributed by atoms with Crippen molar-refractivity contribution >= 4 is 6.09 Å². The van der Waals surface area contributed by atoms with Gasteiger partial charge in [0.2, 0.25) is 0 Å². The number of likely N-dealkylation sites (tertiary alicyclic amines) is 1. The van der Waals surface area contributed by atoms with Gasteiger partial charge in [-0.2, -0.15) is 0 Å². The highest BCUT2D eigenvalue weighted by atomic mass is 16.6. The largest absolute Gasteiger partial charge is 0.445 e. The van der Waals surface area contributed by atoms with E-state index < -0.39 is 0 Å². The molecule has 3 nitrogen and oxygen atoms in total. The molecule has 2 aliphatic rings. The zero-order chi connectivity index (χ0) is 16.1. The van der Waals surface area contributed by atoms with Crippen molar-refractivity contribution in [3.05, 3.63) is 59.7 Å². The second kappa shape index (κ2) is 7.03. The molecule has 3 heteroatoms. The number of ether oxygens (including phenoxy) is 1. The average molecular weight is 311 g/mol. The summed E-state index contributed by atoms with van der Waals surface area (Å²) >= 11 is 0. The molecule has 1 saturated heterocycles. The summed E-state index contributed by atoms with van der Waals surface area (Å²) in [5.41, 5.74) is 2.76. The molecule has 0 saturated carbocycles. The molecule has 1 amide bonds. The van der Waals surface area contributed by atoms with E-state index in [4.69, 9.17) is 4.74 Å². The molecule has 0 aromatic heterocycles. The molecule has 1 spiro atoms. The van der Waals surface area contributed by atoms with Gasteiger partial charge in [-0.25, -0.2) is 4.79 Å². The average Bonchev–Trinajstić information content (AvgIpc) is 2.62. The number of hydrogen-bond donors (Lipinski definition) is 0. The van der Waals surface area contributed by atoms with Crippen molar-refractivity contribution in [2.45, 2.75) is 39.2 Å². The lowest BCUT2D eigenvalue weighted by atomic mass is 9.71. The molecule has 3 rings (SSSR count). The lowest BCUT2D eigenvalue weighted by Crippen LogP contribution is -2.43. The van der Waals surface area contributed by atoms with E-state index in [9.17, 15) is 4.79 Å². The number of hydrogen-bond acceptors (Lipinski definition) is 2. The predicted octanol–water partition coefficient (Wildman–Crippen LogP) is 4.70. The fraction of sp³-hybridized carbons (Fsp3) is 0.450. The van der Waals surface area contributed by atoms with Gasteiger partial charge < -0.3 is 9.64 Å². The van der Waals surface area contributed by atoms with Gasteiger partial charge in [0.15, 0.2) is 0 Å². The first kappa shape index (κ1) is 15.9. The van der Waals surface area contributed by atoms with Crippen LogP contribution in [0.5, 0.6) is 0 Å². The van der Waals surface area contributed by atoms with E-state index >= 15 is 0 Å². The number of allylic oxidation sites excluding steroid dienone is 4. The third-order valence-corrected chi connectivity index (χ3v) is 5.16. The van der Waals surface area contributed by atoms with E-state index in [1.165, 1.54) is 12.0 Å². The molecule has 23 heavy (non-hydrogen) atoms. The van der Waals surface area contributed by atoms with Gasteiger partial charge in [0, 0.05) is 13.1 Å². The monoisotopic (exact) mass is 311 g/mol. The van der Waals surface area contributed by atoms with Crippen LogP contribution in [-0.4, -0.2) is 24.1 Å². The van der Waals surface area contributed by atoms with Gasteiger partial charge in [-0.3, -0.25) is 0 Å². The first-order valence-electron chi connectivity index (χ1n) is 8.51. The SMILES string of the molecule is C/C=C1/C=CC2(CC1)CCN(C(=O)OCc1ccccc1)CC2. The number of amides is 1. The maximum Gasteiger partial charge on any atom is 0.410 e. The third-order valence-electron chi connectivity index (χ3n) is 5.16. The van der Waals surface area contributed by atoms with Crippen molar-refractivity contribution in [1.29, 1.82) is 0 Å². The summed E-state index contributed by atoms with van der Waals surface area (Å²) in [5, 5.41) is 0. The van der Waals surface area contributed by atoms with Gasteiger partial charge in [0.25, 0.3) is 0 Å². The molecular formula is C20H25NO2. The number of nitrogens with zero attached hydrogens (tertiary/aromatic N) is 1. The van der Waals surface area contributed by atoms with Crippen LogP contribution >= 0.6 is 0 Å². The Balaban J connectivity index is 1.50. The molecule has 122 valence electrons. The molecule has 0 radical (unpaired) electrons. The van der Waals surface area contributed by atoms with E-state index in [1.807, 2.05) is 35.2 Å². The fourth-order valence-corrected chi connectivity index (χ4v) is 3.45. The summed E-state index contributed by atoms with van der Waals surface area (Å²) in [6.45, 7) is 4.04. The minimum absolute atomic E-state index is 0.183. The van der Waals surface area contributed by atoms with Crippen LogP contribution in [0.2, 0.25) is 0 Å². The Morgan fingerprint density at radius 3 is 2.57 bits per heavy atom. The molecule has 1 aromatic rings. The Morgan fingerprint density at radius 2 is 1.96 bits per heavy atom. The number of benzene rings is 1. The maximum absolute atomic E-state index is 12.2. The minimum Gasteiger partial charge on any atom is -0.445 e.